The Morgan fingerprint density at radius 1 is 1.60 bits per heavy atom. The minimum Gasteiger partial charge on any atom is -0.294 e. The molecule has 1 aromatic carbocycles. The number of hydrogen-bond donors (Lipinski definition) is 0. The largest absolute Gasteiger partial charge is 0.294 e. The third-order valence-corrected chi connectivity index (χ3v) is 2.42. The molecule has 0 saturated heterocycles. The molecular formula is C9H7BrClN3O. The zero-order chi connectivity index (χ0) is 11.3. The summed E-state index contributed by atoms with van der Waals surface area (Å²) in [5, 5.41) is 3.46. The molecule has 0 aliphatic heterocycles. The summed E-state index contributed by atoms with van der Waals surface area (Å²) in [5.74, 6) is 0.129. The van der Waals surface area contributed by atoms with Gasteiger partial charge in [0, 0.05) is 32.9 Å². The van der Waals surface area contributed by atoms with E-state index in [-0.39, 0.29) is 18.1 Å². The molecule has 0 amide bonds. The number of alkyl halides is 1. The van der Waals surface area contributed by atoms with Gasteiger partial charge in [-0.3, -0.25) is 4.79 Å². The third-order valence-electron chi connectivity index (χ3n) is 1.73. The third kappa shape index (κ3) is 3.23. The summed E-state index contributed by atoms with van der Waals surface area (Å²) in [7, 11) is 0. The minimum atomic E-state index is -0.125. The highest BCUT2D eigenvalue weighted by Crippen LogP contribution is 2.25. The predicted octanol–water partition coefficient (Wildman–Crippen LogP) is 4.20. The summed E-state index contributed by atoms with van der Waals surface area (Å²) >= 11 is 8.71. The monoisotopic (exact) mass is 287 g/mol. The lowest BCUT2D eigenvalue weighted by Gasteiger charge is -2.03. The van der Waals surface area contributed by atoms with Gasteiger partial charge >= 0.3 is 0 Å². The Bertz CT molecular complexity index is 429. The van der Waals surface area contributed by atoms with Gasteiger partial charge in [0.1, 0.15) is 0 Å². The average Bonchev–Trinajstić information content (AvgIpc) is 2.18. The van der Waals surface area contributed by atoms with Crippen molar-refractivity contribution in [2.24, 2.45) is 5.11 Å². The molecule has 4 nitrogen and oxygen atoms in total. The van der Waals surface area contributed by atoms with Crippen LogP contribution in [0.2, 0.25) is 0 Å². The van der Waals surface area contributed by atoms with Crippen molar-refractivity contribution in [2.75, 3.05) is 5.88 Å². The fraction of sp³-hybridized carbons (Fsp3) is 0.222. The van der Waals surface area contributed by atoms with E-state index in [0.717, 1.165) is 4.47 Å². The van der Waals surface area contributed by atoms with Crippen LogP contribution in [0.15, 0.2) is 27.8 Å². The van der Waals surface area contributed by atoms with Gasteiger partial charge in [-0.2, -0.15) is 0 Å². The van der Waals surface area contributed by atoms with E-state index >= 15 is 0 Å². The topological polar surface area (TPSA) is 65.8 Å². The van der Waals surface area contributed by atoms with E-state index in [1.165, 1.54) is 0 Å². The zero-order valence-corrected chi connectivity index (χ0v) is 9.99. The van der Waals surface area contributed by atoms with Crippen LogP contribution < -0.4 is 0 Å². The Morgan fingerprint density at radius 2 is 2.33 bits per heavy atom. The normalized spacial score (nSPS) is 9.47. The molecule has 0 radical (unpaired) electrons. The maximum Gasteiger partial charge on any atom is 0.164 e. The van der Waals surface area contributed by atoms with Crippen molar-refractivity contribution in [3.63, 3.8) is 0 Å². The summed E-state index contributed by atoms with van der Waals surface area (Å²) in [4.78, 5) is 14.2. The lowest BCUT2D eigenvalue weighted by Crippen LogP contribution is -1.99. The molecule has 0 fully saturated rings. The van der Waals surface area contributed by atoms with Crippen LogP contribution in [0.3, 0.4) is 0 Å². The Labute approximate surface area is 100.0 Å². The number of nitrogens with zero attached hydrogens (tertiary/aromatic N) is 3. The van der Waals surface area contributed by atoms with E-state index in [0.29, 0.717) is 11.3 Å². The number of hydrogen-bond acceptors (Lipinski definition) is 2. The first kappa shape index (κ1) is 12.0. The Balaban J connectivity index is 3.16. The summed E-state index contributed by atoms with van der Waals surface area (Å²) in [6.07, 6.45) is 0.233. The summed E-state index contributed by atoms with van der Waals surface area (Å²) in [5.41, 5.74) is 9.07. The molecule has 0 aromatic heterocycles. The second kappa shape index (κ2) is 5.75. The number of Topliss-reactive ketones (excluding diaryl/α,β-unsaturated/α-hetero) is 1. The fourth-order valence-electron chi connectivity index (χ4n) is 1.09. The van der Waals surface area contributed by atoms with Gasteiger partial charge in [0.15, 0.2) is 5.78 Å². The standard InChI is InChI=1S/C9H7BrClN3O/c10-6-1-2-7(9(15)3-4-11)8(5-6)13-14-12/h1-2,5H,3-4H2. The van der Waals surface area contributed by atoms with Crippen LogP contribution in [-0.4, -0.2) is 11.7 Å². The van der Waals surface area contributed by atoms with Crippen molar-refractivity contribution in [1.82, 2.24) is 0 Å². The van der Waals surface area contributed by atoms with E-state index in [4.69, 9.17) is 17.1 Å². The number of azide groups is 1. The molecule has 0 N–H and O–H groups in total. The van der Waals surface area contributed by atoms with Crippen LogP contribution in [0.4, 0.5) is 5.69 Å². The highest BCUT2D eigenvalue weighted by molar-refractivity contribution is 9.10. The molecule has 0 aliphatic rings. The van der Waals surface area contributed by atoms with Crippen molar-refractivity contribution in [2.45, 2.75) is 6.42 Å². The maximum atomic E-state index is 11.6. The molecule has 0 saturated carbocycles. The van der Waals surface area contributed by atoms with Crippen LogP contribution in [0, 0.1) is 0 Å². The number of carbonyl (C=O) groups is 1. The average molecular weight is 289 g/mol. The minimum absolute atomic E-state index is 0.125. The van der Waals surface area contributed by atoms with Crippen LogP contribution in [0.25, 0.3) is 10.4 Å². The highest BCUT2D eigenvalue weighted by Gasteiger charge is 2.09. The molecule has 0 atom stereocenters. The van der Waals surface area contributed by atoms with Gasteiger partial charge in [-0.1, -0.05) is 21.0 Å². The van der Waals surface area contributed by atoms with Crippen LogP contribution in [-0.2, 0) is 0 Å². The van der Waals surface area contributed by atoms with Gasteiger partial charge in [0.25, 0.3) is 0 Å². The first-order valence-electron chi connectivity index (χ1n) is 4.13. The fourth-order valence-corrected chi connectivity index (χ4v) is 1.61. The number of rotatable bonds is 4. The van der Waals surface area contributed by atoms with Crippen LogP contribution in [0.5, 0.6) is 0 Å². The highest BCUT2D eigenvalue weighted by atomic mass is 79.9. The molecule has 1 aromatic rings. The molecule has 0 unspecified atom stereocenters. The second-order valence-corrected chi connectivity index (χ2v) is 4.01. The Hall–Kier alpha value is -1.03. The Kier molecular flexibility index (Phi) is 4.62. The molecule has 15 heavy (non-hydrogen) atoms. The van der Waals surface area contributed by atoms with Gasteiger partial charge in [-0.05, 0) is 23.7 Å². The predicted molar refractivity (Wildman–Crippen MR) is 62.6 cm³/mol. The van der Waals surface area contributed by atoms with E-state index in [1.54, 1.807) is 18.2 Å². The number of carbonyl (C=O) groups excluding carboxylic acids is 1. The summed E-state index contributed by atoms with van der Waals surface area (Å²) < 4.78 is 0.757. The van der Waals surface area contributed by atoms with Crippen molar-refractivity contribution in [3.05, 3.63) is 38.7 Å². The van der Waals surface area contributed by atoms with Crippen LogP contribution >= 0.6 is 27.5 Å². The Morgan fingerprint density at radius 3 is 2.93 bits per heavy atom. The number of halogens is 2. The lowest BCUT2D eigenvalue weighted by molar-refractivity contribution is 0.0990. The first-order valence-corrected chi connectivity index (χ1v) is 5.45. The van der Waals surface area contributed by atoms with Crippen molar-refractivity contribution in [3.8, 4) is 0 Å². The van der Waals surface area contributed by atoms with Crippen molar-refractivity contribution in [1.29, 1.82) is 0 Å². The number of ketones is 1. The van der Waals surface area contributed by atoms with E-state index in [1.807, 2.05) is 0 Å². The first-order chi connectivity index (χ1) is 7.19. The molecule has 1 rings (SSSR count). The van der Waals surface area contributed by atoms with Crippen LogP contribution in [0.1, 0.15) is 16.8 Å². The number of benzene rings is 1. The van der Waals surface area contributed by atoms with Crippen molar-refractivity contribution < 1.29 is 4.79 Å². The van der Waals surface area contributed by atoms with E-state index < -0.39 is 0 Å². The van der Waals surface area contributed by atoms with Gasteiger partial charge in [-0.15, -0.1) is 11.6 Å². The molecule has 0 heterocycles. The maximum absolute atomic E-state index is 11.6. The molecule has 0 spiro atoms. The molecule has 0 bridgehead atoms. The molecular weight excluding hydrogens is 281 g/mol. The molecule has 0 aliphatic carbocycles. The quantitative estimate of drug-likeness (QED) is 0.269. The smallest absolute Gasteiger partial charge is 0.164 e. The van der Waals surface area contributed by atoms with E-state index in [2.05, 4.69) is 26.0 Å². The van der Waals surface area contributed by atoms with Gasteiger partial charge < -0.3 is 0 Å². The van der Waals surface area contributed by atoms with Gasteiger partial charge in [0.2, 0.25) is 0 Å². The van der Waals surface area contributed by atoms with E-state index in [9.17, 15) is 4.79 Å². The SMILES string of the molecule is [N-]=[N+]=Nc1cc(Br)ccc1C(=O)CCCl. The summed E-state index contributed by atoms with van der Waals surface area (Å²) in [6, 6.07) is 4.93. The lowest BCUT2D eigenvalue weighted by atomic mass is 10.1. The second-order valence-electron chi connectivity index (χ2n) is 2.71. The van der Waals surface area contributed by atoms with Crippen molar-refractivity contribution >= 4 is 39.0 Å². The van der Waals surface area contributed by atoms with Gasteiger partial charge in [-0.25, -0.2) is 0 Å². The molecule has 6 heteroatoms. The summed E-state index contributed by atoms with van der Waals surface area (Å²) in [6.45, 7) is 0. The van der Waals surface area contributed by atoms with Gasteiger partial charge in [0.05, 0.1) is 0 Å². The zero-order valence-electron chi connectivity index (χ0n) is 7.65. The molecule has 78 valence electrons.